The zero-order valence-electron chi connectivity index (χ0n) is 16.0. The lowest BCUT2D eigenvalue weighted by atomic mass is 10.1. The van der Waals surface area contributed by atoms with Crippen molar-refractivity contribution in [1.29, 1.82) is 0 Å². The molecule has 0 saturated heterocycles. The summed E-state index contributed by atoms with van der Waals surface area (Å²) in [7, 11) is -1.62. The Kier molecular flexibility index (Phi) is 6.06. The maximum absolute atomic E-state index is 11.6. The largest absolute Gasteiger partial charge is 0.488 e. The molecule has 0 aliphatic heterocycles. The first kappa shape index (κ1) is 20.0. The first-order valence-electron chi connectivity index (χ1n) is 8.77. The lowest BCUT2D eigenvalue weighted by molar-refractivity contribution is 0.0920. The molecule has 0 spiro atoms. The second-order valence-electron chi connectivity index (χ2n) is 6.51. The summed E-state index contributed by atoms with van der Waals surface area (Å²) in [6, 6.07) is 15.8. The zero-order chi connectivity index (χ0) is 20.1. The summed E-state index contributed by atoms with van der Waals surface area (Å²) in [5, 5.41) is 0. The van der Waals surface area contributed by atoms with Crippen molar-refractivity contribution in [2.45, 2.75) is 17.9 Å². The van der Waals surface area contributed by atoms with Crippen LogP contribution in [0.3, 0.4) is 0 Å². The molecular formula is C21H23NO5S. The summed E-state index contributed by atoms with van der Waals surface area (Å²) in [5.74, 6) is 1.77. The van der Waals surface area contributed by atoms with Gasteiger partial charge < -0.3 is 19.2 Å². The summed E-state index contributed by atoms with van der Waals surface area (Å²) >= 11 is 0. The fourth-order valence-electron chi connectivity index (χ4n) is 2.76. The Morgan fingerprint density at radius 1 is 1.00 bits per heavy atom. The third-order valence-corrected chi connectivity index (χ3v) is 5.14. The molecule has 0 fully saturated rings. The number of hydrogen-bond donors (Lipinski definition) is 1. The van der Waals surface area contributed by atoms with E-state index < -0.39 is 9.84 Å². The molecule has 1 heterocycles. The molecule has 0 aliphatic rings. The second kappa shape index (κ2) is 8.50. The minimum atomic E-state index is -3.25. The third kappa shape index (κ3) is 5.15. The maximum Gasteiger partial charge on any atom is 0.175 e. The highest BCUT2D eigenvalue weighted by Gasteiger charge is 2.11. The van der Waals surface area contributed by atoms with Gasteiger partial charge in [0, 0.05) is 36.9 Å². The number of sulfone groups is 1. The van der Waals surface area contributed by atoms with Gasteiger partial charge in [0.25, 0.3) is 0 Å². The van der Waals surface area contributed by atoms with E-state index in [0.717, 1.165) is 11.3 Å². The monoisotopic (exact) mass is 401 g/mol. The Balaban J connectivity index is 1.89. The van der Waals surface area contributed by atoms with Crippen LogP contribution in [0.25, 0.3) is 11.3 Å². The van der Waals surface area contributed by atoms with Gasteiger partial charge in [-0.05, 0) is 55.5 Å². The molecule has 3 rings (SSSR count). The SMILES string of the molecule is COC[C@H](C)Oc1cc(Oc2ccc(S(C)(=O)=O)cc2)cc(-c2ccc[nH]2)c1. The first-order chi connectivity index (χ1) is 13.3. The fraction of sp³-hybridized carbons (Fsp3) is 0.238. The van der Waals surface area contributed by atoms with E-state index in [1.807, 2.05) is 37.4 Å². The van der Waals surface area contributed by atoms with Gasteiger partial charge in [-0.25, -0.2) is 8.42 Å². The van der Waals surface area contributed by atoms with Crippen LogP contribution in [0.2, 0.25) is 0 Å². The molecule has 0 unspecified atom stereocenters. The highest BCUT2D eigenvalue weighted by Crippen LogP contribution is 2.32. The molecule has 0 bridgehead atoms. The van der Waals surface area contributed by atoms with Gasteiger partial charge >= 0.3 is 0 Å². The molecule has 0 amide bonds. The number of ether oxygens (including phenoxy) is 3. The van der Waals surface area contributed by atoms with Crippen molar-refractivity contribution in [1.82, 2.24) is 4.98 Å². The molecule has 1 atom stereocenters. The van der Waals surface area contributed by atoms with Crippen LogP contribution in [0.4, 0.5) is 0 Å². The summed E-state index contributed by atoms with van der Waals surface area (Å²) in [6.45, 7) is 2.39. The predicted octanol–water partition coefficient (Wildman–Crippen LogP) is 4.29. The van der Waals surface area contributed by atoms with Gasteiger partial charge in [-0.15, -0.1) is 0 Å². The summed E-state index contributed by atoms with van der Waals surface area (Å²) in [5.41, 5.74) is 1.84. The Hall–Kier alpha value is -2.77. The van der Waals surface area contributed by atoms with E-state index >= 15 is 0 Å². The highest BCUT2D eigenvalue weighted by molar-refractivity contribution is 7.90. The van der Waals surface area contributed by atoms with Gasteiger partial charge in [0.15, 0.2) is 9.84 Å². The Labute approximate surface area is 165 Å². The van der Waals surface area contributed by atoms with E-state index in [1.54, 1.807) is 25.3 Å². The summed E-state index contributed by atoms with van der Waals surface area (Å²) in [4.78, 5) is 3.42. The van der Waals surface area contributed by atoms with Crippen molar-refractivity contribution in [3.05, 3.63) is 60.8 Å². The molecule has 1 N–H and O–H groups in total. The van der Waals surface area contributed by atoms with Gasteiger partial charge in [-0.3, -0.25) is 0 Å². The van der Waals surface area contributed by atoms with E-state index in [9.17, 15) is 8.42 Å². The quantitative estimate of drug-likeness (QED) is 0.609. The average molecular weight is 401 g/mol. The van der Waals surface area contributed by atoms with E-state index in [0.29, 0.717) is 23.9 Å². The lowest BCUT2D eigenvalue weighted by Gasteiger charge is -2.16. The van der Waals surface area contributed by atoms with Crippen molar-refractivity contribution >= 4 is 9.84 Å². The van der Waals surface area contributed by atoms with Gasteiger partial charge in [0.1, 0.15) is 23.4 Å². The van der Waals surface area contributed by atoms with Gasteiger partial charge in [-0.2, -0.15) is 0 Å². The molecule has 1 aromatic heterocycles. The fourth-order valence-corrected chi connectivity index (χ4v) is 3.39. The number of nitrogens with one attached hydrogen (secondary N) is 1. The van der Waals surface area contributed by atoms with Crippen LogP contribution >= 0.6 is 0 Å². The Morgan fingerprint density at radius 2 is 1.71 bits per heavy atom. The lowest BCUT2D eigenvalue weighted by Crippen LogP contribution is -2.17. The molecular weight excluding hydrogens is 378 g/mol. The van der Waals surface area contributed by atoms with Gasteiger partial charge in [-0.1, -0.05) is 0 Å². The van der Waals surface area contributed by atoms with Crippen molar-refractivity contribution in [3.63, 3.8) is 0 Å². The topological polar surface area (TPSA) is 77.6 Å². The van der Waals surface area contributed by atoms with E-state index in [2.05, 4.69) is 4.98 Å². The number of aromatic nitrogens is 1. The van der Waals surface area contributed by atoms with Crippen molar-refractivity contribution < 1.29 is 22.6 Å². The number of rotatable bonds is 8. The highest BCUT2D eigenvalue weighted by atomic mass is 32.2. The normalized spacial score (nSPS) is 12.5. The number of benzene rings is 2. The summed E-state index contributed by atoms with van der Waals surface area (Å²) < 4.78 is 40.2. The smallest absolute Gasteiger partial charge is 0.175 e. The molecule has 148 valence electrons. The number of hydrogen-bond acceptors (Lipinski definition) is 5. The van der Waals surface area contributed by atoms with Crippen molar-refractivity contribution in [2.24, 2.45) is 0 Å². The molecule has 3 aromatic rings. The molecule has 7 heteroatoms. The molecule has 2 aromatic carbocycles. The molecule has 0 saturated carbocycles. The van der Waals surface area contributed by atoms with E-state index in [1.165, 1.54) is 18.4 Å². The first-order valence-corrected chi connectivity index (χ1v) is 10.7. The van der Waals surface area contributed by atoms with Crippen LogP contribution in [0.1, 0.15) is 6.92 Å². The minimum Gasteiger partial charge on any atom is -0.488 e. The zero-order valence-corrected chi connectivity index (χ0v) is 16.8. The van der Waals surface area contributed by atoms with E-state index in [-0.39, 0.29) is 11.0 Å². The minimum absolute atomic E-state index is 0.120. The standard InChI is InChI=1S/C21H23NO5S/c1-15(14-25-2)26-18-11-16(21-5-4-10-22-21)12-19(13-18)27-17-6-8-20(9-7-17)28(3,23)24/h4-13,15,22H,14H2,1-3H3/t15-/m0/s1. The van der Waals surface area contributed by atoms with Crippen LogP contribution in [-0.4, -0.2) is 39.5 Å². The van der Waals surface area contributed by atoms with Crippen LogP contribution in [-0.2, 0) is 14.6 Å². The molecule has 0 radical (unpaired) electrons. The molecule has 0 aliphatic carbocycles. The van der Waals surface area contributed by atoms with E-state index in [4.69, 9.17) is 14.2 Å². The maximum atomic E-state index is 11.6. The molecule has 6 nitrogen and oxygen atoms in total. The second-order valence-corrected chi connectivity index (χ2v) is 8.52. The number of H-pyrrole nitrogens is 1. The predicted molar refractivity (Wildman–Crippen MR) is 108 cm³/mol. The summed E-state index contributed by atoms with van der Waals surface area (Å²) in [6.07, 6.45) is 2.90. The van der Waals surface area contributed by atoms with Crippen LogP contribution in [0, 0.1) is 0 Å². The molecule has 28 heavy (non-hydrogen) atoms. The van der Waals surface area contributed by atoms with Crippen molar-refractivity contribution in [3.8, 4) is 28.5 Å². The van der Waals surface area contributed by atoms with Crippen LogP contribution < -0.4 is 9.47 Å². The Bertz CT molecular complexity index is 1010. The van der Waals surface area contributed by atoms with Crippen LogP contribution in [0.15, 0.2) is 65.7 Å². The average Bonchev–Trinajstić information content (AvgIpc) is 3.16. The number of methoxy groups -OCH3 is 1. The van der Waals surface area contributed by atoms with Crippen molar-refractivity contribution in [2.75, 3.05) is 20.0 Å². The Morgan fingerprint density at radius 3 is 2.32 bits per heavy atom. The van der Waals surface area contributed by atoms with Gasteiger partial charge in [0.05, 0.1) is 11.5 Å². The number of aromatic amines is 1. The van der Waals surface area contributed by atoms with Crippen LogP contribution in [0.5, 0.6) is 17.2 Å². The van der Waals surface area contributed by atoms with Gasteiger partial charge in [0.2, 0.25) is 0 Å². The third-order valence-electron chi connectivity index (χ3n) is 4.02.